The summed E-state index contributed by atoms with van der Waals surface area (Å²) >= 11 is 4.13. The first-order valence-electron chi connectivity index (χ1n) is 5.45. The van der Waals surface area contributed by atoms with Gasteiger partial charge in [-0.15, -0.1) is 0 Å². The molecule has 0 saturated heterocycles. The summed E-state index contributed by atoms with van der Waals surface area (Å²) in [7, 11) is 0. The molecule has 86 valence electrons. The van der Waals surface area contributed by atoms with Gasteiger partial charge in [-0.25, -0.2) is 0 Å². The second kappa shape index (κ2) is 5.32. The summed E-state index contributed by atoms with van der Waals surface area (Å²) in [6, 6.07) is 6.09. The molecule has 0 atom stereocenters. The Hall–Kier alpha value is -1.07. The van der Waals surface area contributed by atoms with Crippen LogP contribution in [-0.2, 0) is 5.41 Å². The van der Waals surface area contributed by atoms with Gasteiger partial charge in [0.25, 0.3) is 0 Å². The predicted molar refractivity (Wildman–Crippen MR) is 74.9 cm³/mol. The van der Waals surface area contributed by atoms with E-state index in [4.69, 9.17) is 5.73 Å². The maximum Gasteiger partial charge on any atom is 0.0477 e. The van der Waals surface area contributed by atoms with Gasteiger partial charge in [-0.3, -0.25) is 0 Å². The Balaban J connectivity index is 3.06. The minimum absolute atomic E-state index is 0.133. The first-order chi connectivity index (χ1) is 7.45. The maximum atomic E-state index is 5.89. The molecule has 16 heavy (non-hydrogen) atoms. The number of nitrogen functional groups attached to an aromatic ring is 1. The van der Waals surface area contributed by atoms with E-state index in [1.165, 1.54) is 5.56 Å². The summed E-state index contributed by atoms with van der Waals surface area (Å²) in [5.41, 5.74) is 8.96. The highest BCUT2D eigenvalue weighted by atomic mass is 32.1. The van der Waals surface area contributed by atoms with Crippen LogP contribution in [0.2, 0.25) is 0 Å². The Kier molecular flexibility index (Phi) is 4.32. The number of rotatable bonds is 1. The van der Waals surface area contributed by atoms with E-state index in [2.05, 4.69) is 57.4 Å². The van der Waals surface area contributed by atoms with Gasteiger partial charge in [0, 0.05) is 23.4 Å². The number of hydrogen-bond donors (Lipinski definition) is 2. The van der Waals surface area contributed by atoms with E-state index < -0.39 is 0 Å². The maximum absolute atomic E-state index is 5.89. The third-order valence-corrected chi connectivity index (χ3v) is 2.60. The summed E-state index contributed by atoms with van der Waals surface area (Å²) in [6.45, 7) is 6.55. The van der Waals surface area contributed by atoms with Crippen LogP contribution < -0.4 is 5.73 Å². The smallest absolute Gasteiger partial charge is 0.0477 e. The molecule has 0 aliphatic heterocycles. The van der Waals surface area contributed by atoms with Crippen LogP contribution in [-0.4, -0.2) is 5.75 Å². The number of hydrogen-bond acceptors (Lipinski definition) is 2. The fraction of sp³-hybridized carbons (Fsp3) is 0.429. The highest BCUT2D eigenvalue weighted by molar-refractivity contribution is 7.80. The molecule has 1 nitrogen and oxygen atoms in total. The van der Waals surface area contributed by atoms with Crippen molar-refractivity contribution in [1.29, 1.82) is 0 Å². The minimum Gasteiger partial charge on any atom is -0.398 e. The Morgan fingerprint density at radius 1 is 1.31 bits per heavy atom. The lowest BCUT2D eigenvalue weighted by atomic mass is 9.86. The van der Waals surface area contributed by atoms with E-state index in [9.17, 15) is 0 Å². The third kappa shape index (κ3) is 3.50. The van der Waals surface area contributed by atoms with Gasteiger partial charge in [0.15, 0.2) is 0 Å². The van der Waals surface area contributed by atoms with Gasteiger partial charge in [0.05, 0.1) is 0 Å². The molecular formula is C14H19NS. The van der Waals surface area contributed by atoms with Gasteiger partial charge in [0.1, 0.15) is 0 Å². The molecule has 0 unspecified atom stereocenters. The molecule has 0 aliphatic carbocycles. The second-order valence-electron chi connectivity index (χ2n) is 4.83. The van der Waals surface area contributed by atoms with Crippen molar-refractivity contribution >= 4 is 18.3 Å². The topological polar surface area (TPSA) is 26.0 Å². The van der Waals surface area contributed by atoms with Crippen LogP contribution in [0.3, 0.4) is 0 Å². The van der Waals surface area contributed by atoms with Crippen LogP contribution in [0.4, 0.5) is 5.69 Å². The van der Waals surface area contributed by atoms with Crippen molar-refractivity contribution < 1.29 is 0 Å². The van der Waals surface area contributed by atoms with Gasteiger partial charge in [-0.05, 0) is 23.1 Å². The highest BCUT2D eigenvalue weighted by Gasteiger charge is 2.14. The molecule has 2 heteroatoms. The van der Waals surface area contributed by atoms with Crippen LogP contribution in [0.25, 0.3) is 0 Å². The van der Waals surface area contributed by atoms with Crippen molar-refractivity contribution in [2.45, 2.75) is 32.6 Å². The number of benzene rings is 1. The molecule has 0 bridgehead atoms. The average Bonchev–Trinajstić information content (AvgIpc) is 2.19. The molecule has 0 aliphatic rings. The zero-order chi connectivity index (χ0) is 12.2. The van der Waals surface area contributed by atoms with Gasteiger partial charge in [-0.2, -0.15) is 12.6 Å². The normalized spacial score (nSPS) is 10.8. The SMILES string of the molecule is CC(C)(C)c1ccc(N)c(C#CCCS)c1. The van der Waals surface area contributed by atoms with E-state index in [0.717, 1.165) is 23.4 Å². The molecule has 0 amide bonds. The van der Waals surface area contributed by atoms with Crippen molar-refractivity contribution in [1.82, 2.24) is 0 Å². The van der Waals surface area contributed by atoms with Gasteiger partial charge < -0.3 is 5.73 Å². The quantitative estimate of drug-likeness (QED) is 0.435. The zero-order valence-corrected chi connectivity index (χ0v) is 11.1. The fourth-order valence-electron chi connectivity index (χ4n) is 1.34. The van der Waals surface area contributed by atoms with Crippen LogP contribution in [0, 0.1) is 11.8 Å². The van der Waals surface area contributed by atoms with E-state index in [-0.39, 0.29) is 5.41 Å². The Bertz CT molecular complexity index is 419. The first-order valence-corrected chi connectivity index (χ1v) is 6.08. The third-order valence-electron chi connectivity index (χ3n) is 2.38. The molecular weight excluding hydrogens is 214 g/mol. The van der Waals surface area contributed by atoms with Crippen molar-refractivity contribution in [3.63, 3.8) is 0 Å². The molecule has 0 radical (unpaired) electrons. The molecule has 1 aromatic carbocycles. The first kappa shape index (κ1) is 13.0. The summed E-state index contributed by atoms with van der Waals surface area (Å²) in [6.07, 6.45) is 0.794. The lowest BCUT2D eigenvalue weighted by molar-refractivity contribution is 0.590. The fourth-order valence-corrected chi connectivity index (χ4v) is 1.46. The molecule has 0 spiro atoms. The van der Waals surface area contributed by atoms with E-state index in [1.54, 1.807) is 0 Å². The summed E-state index contributed by atoms with van der Waals surface area (Å²) in [4.78, 5) is 0. The predicted octanol–water partition coefficient (Wildman–Crippen LogP) is 3.24. The van der Waals surface area contributed by atoms with Crippen molar-refractivity contribution in [2.24, 2.45) is 0 Å². The van der Waals surface area contributed by atoms with Crippen LogP contribution in [0.15, 0.2) is 18.2 Å². The number of anilines is 1. The summed E-state index contributed by atoms with van der Waals surface area (Å²) in [5.74, 6) is 6.95. The van der Waals surface area contributed by atoms with Gasteiger partial charge >= 0.3 is 0 Å². The lowest BCUT2D eigenvalue weighted by Gasteiger charge is -2.19. The van der Waals surface area contributed by atoms with Crippen LogP contribution in [0.1, 0.15) is 38.3 Å². The molecule has 0 aromatic heterocycles. The Labute approximate surface area is 104 Å². The van der Waals surface area contributed by atoms with Crippen LogP contribution in [0.5, 0.6) is 0 Å². The molecule has 1 rings (SSSR count). The largest absolute Gasteiger partial charge is 0.398 e. The van der Waals surface area contributed by atoms with Crippen molar-refractivity contribution in [3.8, 4) is 11.8 Å². The molecule has 0 saturated carbocycles. The summed E-state index contributed by atoms with van der Waals surface area (Å²) in [5, 5.41) is 0. The van der Waals surface area contributed by atoms with E-state index >= 15 is 0 Å². The Morgan fingerprint density at radius 3 is 2.56 bits per heavy atom. The standard InChI is InChI=1S/C14H19NS/c1-14(2,3)12-7-8-13(15)11(10-12)6-4-5-9-16/h7-8,10,16H,5,9,15H2,1-3H3. The van der Waals surface area contributed by atoms with Crippen LogP contribution >= 0.6 is 12.6 Å². The zero-order valence-electron chi connectivity index (χ0n) is 10.2. The van der Waals surface area contributed by atoms with Gasteiger partial charge in [0.2, 0.25) is 0 Å². The summed E-state index contributed by atoms with van der Waals surface area (Å²) < 4.78 is 0. The highest BCUT2D eigenvalue weighted by Crippen LogP contribution is 2.25. The molecule has 0 fully saturated rings. The Morgan fingerprint density at radius 2 is 2.00 bits per heavy atom. The average molecular weight is 233 g/mol. The molecule has 0 heterocycles. The minimum atomic E-state index is 0.133. The molecule has 2 N–H and O–H groups in total. The monoisotopic (exact) mass is 233 g/mol. The number of thiol groups is 1. The lowest BCUT2D eigenvalue weighted by Crippen LogP contribution is -2.11. The van der Waals surface area contributed by atoms with Gasteiger partial charge in [-0.1, -0.05) is 38.7 Å². The van der Waals surface area contributed by atoms with E-state index in [0.29, 0.717) is 0 Å². The van der Waals surface area contributed by atoms with Crippen molar-refractivity contribution in [3.05, 3.63) is 29.3 Å². The number of nitrogens with two attached hydrogens (primary N) is 1. The molecule has 1 aromatic rings. The second-order valence-corrected chi connectivity index (χ2v) is 5.27. The van der Waals surface area contributed by atoms with E-state index in [1.807, 2.05) is 6.07 Å². The van der Waals surface area contributed by atoms with Crippen molar-refractivity contribution in [2.75, 3.05) is 11.5 Å².